The summed E-state index contributed by atoms with van der Waals surface area (Å²) in [6.07, 6.45) is 3.89. The van der Waals surface area contributed by atoms with Crippen molar-refractivity contribution in [1.29, 1.82) is 0 Å². The number of methoxy groups -OCH3 is 1. The summed E-state index contributed by atoms with van der Waals surface area (Å²) in [6.45, 7) is 5.14. The Balaban J connectivity index is 1.42. The number of benzene rings is 2. The van der Waals surface area contributed by atoms with Gasteiger partial charge in [-0.05, 0) is 56.5 Å². The minimum atomic E-state index is 0.0349. The van der Waals surface area contributed by atoms with Crippen LogP contribution in [0.3, 0.4) is 0 Å². The Labute approximate surface area is 165 Å². The number of nitrogens with zero attached hydrogens (tertiary/aromatic N) is 3. The third-order valence-electron chi connectivity index (χ3n) is 5.97. The van der Waals surface area contributed by atoms with Crippen molar-refractivity contribution in [3.8, 4) is 5.75 Å². The number of fused-ring (bicyclic) bond motifs is 1. The molecule has 5 heteroatoms. The maximum Gasteiger partial charge on any atom is 0.261 e. The number of likely N-dealkylation sites (tertiary alicyclic amines) is 1. The Morgan fingerprint density at radius 2 is 1.89 bits per heavy atom. The maximum atomic E-state index is 12.8. The second-order valence-corrected chi connectivity index (χ2v) is 7.65. The Kier molecular flexibility index (Phi) is 5.44. The van der Waals surface area contributed by atoms with Crippen molar-refractivity contribution in [1.82, 2.24) is 14.5 Å². The number of aromatic nitrogens is 2. The van der Waals surface area contributed by atoms with Crippen LogP contribution in [-0.2, 0) is 6.54 Å². The van der Waals surface area contributed by atoms with Crippen LogP contribution in [0.2, 0.25) is 0 Å². The highest BCUT2D eigenvalue weighted by Gasteiger charge is 2.24. The summed E-state index contributed by atoms with van der Waals surface area (Å²) in [5, 5.41) is 0.651. The molecule has 5 nitrogen and oxygen atoms in total. The average molecular weight is 377 g/mol. The largest absolute Gasteiger partial charge is 0.497 e. The van der Waals surface area contributed by atoms with Crippen molar-refractivity contribution in [2.45, 2.75) is 32.4 Å². The molecular formula is C23H27N3O2. The molecule has 1 aromatic heterocycles. The second-order valence-electron chi connectivity index (χ2n) is 7.65. The number of rotatable bonds is 5. The zero-order chi connectivity index (χ0) is 19.5. The van der Waals surface area contributed by atoms with Gasteiger partial charge in [0.2, 0.25) is 0 Å². The lowest BCUT2D eigenvalue weighted by Gasteiger charge is -2.36. The highest BCUT2D eigenvalue weighted by atomic mass is 16.5. The first kappa shape index (κ1) is 18.7. The van der Waals surface area contributed by atoms with Crippen molar-refractivity contribution in [2.75, 3.05) is 20.2 Å². The first-order chi connectivity index (χ1) is 13.7. The minimum Gasteiger partial charge on any atom is -0.497 e. The molecule has 0 saturated carbocycles. The van der Waals surface area contributed by atoms with E-state index in [1.54, 1.807) is 18.0 Å². The molecule has 0 amide bonds. The van der Waals surface area contributed by atoms with Gasteiger partial charge in [-0.2, -0.15) is 0 Å². The predicted molar refractivity (Wildman–Crippen MR) is 112 cm³/mol. The fourth-order valence-corrected chi connectivity index (χ4v) is 4.14. The van der Waals surface area contributed by atoms with Gasteiger partial charge >= 0.3 is 0 Å². The van der Waals surface area contributed by atoms with Crippen molar-refractivity contribution >= 4 is 10.9 Å². The van der Waals surface area contributed by atoms with Gasteiger partial charge in [0.05, 0.1) is 24.3 Å². The normalized spacial score (nSPS) is 16.9. The molecular weight excluding hydrogens is 350 g/mol. The van der Waals surface area contributed by atoms with Crippen LogP contribution in [0.4, 0.5) is 0 Å². The van der Waals surface area contributed by atoms with E-state index >= 15 is 0 Å². The number of hydrogen-bond donors (Lipinski definition) is 0. The SMILES string of the molecule is COc1ccc2c(=O)n(CC3CCN(C(C)c4ccccc4)CC3)cnc2c1. The van der Waals surface area contributed by atoms with Gasteiger partial charge in [-0.3, -0.25) is 14.3 Å². The summed E-state index contributed by atoms with van der Waals surface area (Å²) in [4.78, 5) is 19.8. The van der Waals surface area contributed by atoms with Crippen LogP contribution in [0.1, 0.15) is 31.4 Å². The molecule has 1 aliphatic rings. The van der Waals surface area contributed by atoms with Crippen molar-refractivity contribution < 1.29 is 4.74 Å². The van der Waals surface area contributed by atoms with Crippen LogP contribution in [0.15, 0.2) is 59.7 Å². The maximum absolute atomic E-state index is 12.8. The molecule has 0 bridgehead atoms. The smallest absolute Gasteiger partial charge is 0.261 e. The van der Waals surface area contributed by atoms with E-state index in [4.69, 9.17) is 4.74 Å². The quantitative estimate of drug-likeness (QED) is 0.677. The predicted octanol–water partition coefficient (Wildman–Crippen LogP) is 3.88. The third-order valence-corrected chi connectivity index (χ3v) is 5.97. The molecule has 3 aromatic rings. The molecule has 1 unspecified atom stereocenters. The van der Waals surface area contributed by atoms with Gasteiger partial charge in [0, 0.05) is 18.7 Å². The van der Waals surface area contributed by atoms with E-state index in [9.17, 15) is 4.79 Å². The van der Waals surface area contributed by atoms with Gasteiger partial charge in [0.1, 0.15) is 5.75 Å². The fraction of sp³-hybridized carbons (Fsp3) is 0.391. The number of piperidine rings is 1. The zero-order valence-corrected chi connectivity index (χ0v) is 16.5. The van der Waals surface area contributed by atoms with Gasteiger partial charge in [-0.25, -0.2) is 4.98 Å². The Morgan fingerprint density at radius 1 is 1.14 bits per heavy atom. The molecule has 2 heterocycles. The number of hydrogen-bond acceptors (Lipinski definition) is 4. The standard InChI is InChI=1S/C23H27N3O2/c1-17(19-6-4-3-5-7-19)25-12-10-18(11-13-25)15-26-16-24-22-14-20(28-2)8-9-21(22)23(26)27/h3-9,14,16-18H,10-13,15H2,1-2H3. The van der Waals surface area contributed by atoms with Crippen LogP contribution in [0.25, 0.3) is 10.9 Å². The van der Waals surface area contributed by atoms with Crippen LogP contribution >= 0.6 is 0 Å². The summed E-state index contributed by atoms with van der Waals surface area (Å²) in [5.41, 5.74) is 2.09. The van der Waals surface area contributed by atoms with Gasteiger partial charge in [0.15, 0.2) is 0 Å². The fourth-order valence-electron chi connectivity index (χ4n) is 4.14. The molecule has 1 fully saturated rings. The average Bonchev–Trinajstić information content (AvgIpc) is 2.76. The van der Waals surface area contributed by atoms with Crippen molar-refractivity contribution in [2.24, 2.45) is 5.92 Å². The highest BCUT2D eigenvalue weighted by molar-refractivity contribution is 5.78. The molecule has 2 aromatic carbocycles. The molecule has 0 aliphatic carbocycles. The van der Waals surface area contributed by atoms with Crippen LogP contribution in [0, 0.1) is 5.92 Å². The monoisotopic (exact) mass is 377 g/mol. The van der Waals surface area contributed by atoms with Crippen molar-refractivity contribution in [3.05, 3.63) is 70.8 Å². The van der Waals surface area contributed by atoms with Gasteiger partial charge < -0.3 is 4.74 Å². The highest BCUT2D eigenvalue weighted by Crippen LogP contribution is 2.27. The van der Waals surface area contributed by atoms with Crippen LogP contribution in [0.5, 0.6) is 5.75 Å². The minimum absolute atomic E-state index is 0.0349. The zero-order valence-electron chi connectivity index (χ0n) is 16.5. The summed E-state index contributed by atoms with van der Waals surface area (Å²) >= 11 is 0. The van der Waals surface area contributed by atoms with E-state index < -0.39 is 0 Å². The summed E-state index contributed by atoms with van der Waals surface area (Å²) in [6, 6.07) is 16.5. The van der Waals surface area contributed by atoms with E-state index in [0.29, 0.717) is 22.9 Å². The van der Waals surface area contributed by atoms with E-state index in [1.165, 1.54) is 5.56 Å². The van der Waals surface area contributed by atoms with Gasteiger partial charge in [-0.15, -0.1) is 0 Å². The lowest BCUT2D eigenvalue weighted by molar-refractivity contribution is 0.133. The lowest BCUT2D eigenvalue weighted by Crippen LogP contribution is -2.37. The topological polar surface area (TPSA) is 47.4 Å². The lowest BCUT2D eigenvalue weighted by atomic mass is 9.94. The van der Waals surface area contributed by atoms with E-state index in [1.807, 2.05) is 18.2 Å². The number of ether oxygens (including phenoxy) is 1. The first-order valence-corrected chi connectivity index (χ1v) is 9.98. The van der Waals surface area contributed by atoms with E-state index in [0.717, 1.165) is 38.2 Å². The molecule has 0 N–H and O–H groups in total. The van der Waals surface area contributed by atoms with Crippen molar-refractivity contribution in [3.63, 3.8) is 0 Å². The molecule has 4 rings (SSSR count). The first-order valence-electron chi connectivity index (χ1n) is 9.98. The van der Waals surface area contributed by atoms with Crippen LogP contribution in [-0.4, -0.2) is 34.7 Å². The van der Waals surface area contributed by atoms with E-state index in [2.05, 4.69) is 47.1 Å². The molecule has 28 heavy (non-hydrogen) atoms. The Hall–Kier alpha value is -2.66. The molecule has 146 valence electrons. The summed E-state index contributed by atoms with van der Waals surface area (Å²) in [7, 11) is 1.62. The Bertz CT molecular complexity index is 992. The molecule has 0 spiro atoms. The molecule has 1 saturated heterocycles. The van der Waals surface area contributed by atoms with Gasteiger partial charge in [0.25, 0.3) is 5.56 Å². The third kappa shape index (κ3) is 3.80. The molecule has 1 atom stereocenters. The van der Waals surface area contributed by atoms with E-state index in [-0.39, 0.29) is 5.56 Å². The second kappa shape index (κ2) is 8.15. The van der Waals surface area contributed by atoms with Crippen LogP contribution < -0.4 is 10.3 Å². The summed E-state index contributed by atoms with van der Waals surface area (Å²) in [5.74, 6) is 1.23. The summed E-state index contributed by atoms with van der Waals surface area (Å²) < 4.78 is 7.00. The van der Waals surface area contributed by atoms with Gasteiger partial charge in [-0.1, -0.05) is 30.3 Å². The molecule has 0 radical (unpaired) electrons. The Morgan fingerprint density at radius 3 is 2.61 bits per heavy atom. The molecule has 1 aliphatic heterocycles.